The second-order valence-corrected chi connectivity index (χ2v) is 7.09. The Morgan fingerprint density at radius 3 is 2.16 bits per heavy atom. The topological polar surface area (TPSA) is 78.9 Å². The summed E-state index contributed by atoms with van der Waals surface area (Å²) in [7, 11) is 0. The van der Waals surface area contributed by atoms with Crippen molar-refractivity contribution >= 4 is 46.6 Å². The molecule has 0 aliphatic heterocycles. The molecule has 0 aliphatic carbocycles. The molecule has 0 aliphatic rings. The minimum absolute atomic E-state index is 0.175. The fourth-order valence-corrected chi connectivity index (χ4v) is 3.02. The van der Waals surface area contributed by atoms with Gasteiger partial charge in [0.05, 0.1) is 16.7 Å². The van der Waals surface area contributed by atoms with Crippen molar-refractivity contribution in [2.75, 3.05) is 23.4 Å². The number of urea groups is 1. The zero-order chi connectivity index (χ0) is 23.4. The van der Waals surface area contributed by atoms with E-state index in [4.69, 9.17) is 23.2 Å². The fraction of sp³-hybridized carbons (Fsp3) is 0.300. The smallest absolute Gasteiger partial charge is 0.432 e. The summed E-state index contributed by atoms with van der Waals surface area (Å²) in [5, 5.41) is 13.3. The van der Waals surface area contributed by atoms with Crippen LogP contribution in [0, 0.1) is 0 Å². The fourth-order valence-electron chi connectivity index (χ4n) is 2.72. The predicted octanol–water partition coefficient (Wildman–Crippen LogP) is 5.36. The number of carbonyl (C=O) groups is 2. The quantitative estimate of drug-likeness (QED) is 0.547. The van der Waals surface area contributed by atoms with E-state index in [0.29, 0.717) is 10.7 Å². The number of anilines is 2. The number of amides is 2. The number of rotatable bonds is 6. The van der Waals surface area contributed by atoms with E-state index < -0.39 is 29.3 Å². The maximum absolute atomic E-state index is 13.5. The van der Waals surface area contributed by atoms with Crippen LogP contribution >= 0.6 is 23.2 Å². The summed E-state index contributed by atoms with van der Waals surface area (Å²) in [6, 6.07) is 8.09. The number of nitrogens with zero attached hydrogens (tertiary/aromatic N) is 1. The van der Waals surface area contributed by atoms with E-state index in [2.05, 4.69) is 10.1 Å². The van der Waals surface area contributed by atoms with Crippen LogP contribution in [-0.2, 0) is 15.1 Å². The third-order valence-electron chi connectivity index (χ3n) is 4.31. The highest BCUT2D eigenvalue weighted by Gasteiger charge is 2.62. The number of esters is 1. The Hall–Kier alpha value is -2.49. The van der Waals surface area contributed by atoms with Crippen molar-refractivity contribution < 1.29 is 32.6 Å². The van der Waals surface area contributed by atoms with Crippen LogP contribution in [0.15, 0.2) is 42.5 Å². The summed E-state index contributed by atoms with van der Waals surface area (Å²) in [6.45, 7) is 2.82. The lowest BCUT2D eigenvalue weighted by atomic mass is 9.93. The largest absolute Gasteiger partial charge is 0.463 e. The van der Waals surface area contributed by atoms with E-state index in [9.17, 15) is 27.9 Å². The Balaban J connectivity index is 2.31. The van der Waals surface area contributed by atoms with Crippen LogP contribution in [0.4, 0.5) is 29.3 Å². The maximum atomic E-state index is 13.5. The molecule has 0 bridgehead atoms. The number of aliphatic hydroxyl groups is 1. The Bertz CT molecular complexity index is 954. The van der Waals surface area contributed by atoms with Crippen LogP contribution in [0.25, 0.3) is 0 Å². The monoisotopic (exact) mass is 478 g/mol. The van der Waals surface area contributed by atoms with Crippen LogP contribution < -0.4 is 10.2 Å². The summed E-state index contributed by atoms with van der Waals surface area (Å²) >= 11 is 11.8. The number of benzene rings is 2. The third kappa shape index (κ3) is 5.23. The molecule has 2 rings (SSSR count). The SMILES string of the molecule is CCOC(=O)C(O)(c1ccc(N(CC)C(=O)Nc2ccc(Cl)c(Cl)c2)cc1)C(F)(F)F. The van der Waals surface area contributed by atoms with E-state index in [1.165, 1.54) is 42.2 Å². The van der Waals surface area contributed by atoms with Gasteiger partial charge in [0.2, 0.25) is 0 Å². The molecule has 0 saturated heterocycles. The van der Waals surface area contributed by atoms with Gasteiger partial charge in [-0.1, -0.05) is 35.3 Å². The van der Waals surface area contributed by atoms with Crippen molar-refractivity contribution in [1.29, 1.82) is 0 Å². The van der Waals surface area contributed by atoms with Crippen LogP contribution in [0.1, 0.15) is 19.4 Å². The first kappa shape index (κ1) is 24.8. The second kappa shape index (κ2) is 9.76. The zero-order valence-electron chi connectivity index (χ0n) is 16.5. The Morgan fingerprint density at radius 2 is 1.68 bits per heavy atom. The van der Waals surface area contributed by atoms with E-state index in [1.807, 2.05) is 0 Å². The zero-order valence-corrected chi connectivity index (χ0v) is 18.0. The molecule has 31 heavy (non-hydrogen) atoms. The first-order chi connectivity index (χ1) is 14.4. The van der Waals surface area contributed by atoms with Gasteiger partial charge in [0.15, 0.2) is 0 Å². The van der Waals surface area contributed by atoms with Crippen LogP contribution in [0.3, 0.4) is 0 Å². The molecule has 0 spiro atoms. The molecule has 2 amide bonds. The standard InChI is InChI=1S/C20H19Cl2F3N2O4/c1-3-27(18(29)26-13-7-10-15(21)16(22)11-13)14-8-5-12(6-9-14)19(30,20(23,24)25)17(28)31-4-2/h5-11,30H,3-4H2,1-2H3,(H,26,29). The van der Waals surface area contributed by atoms with E-state index in [1.54, 1.807) is 6.92 Å². The predicted molar refractivity (Wildman–Crippen MR) is 112 cm³/mol. The summed E-state index contributed by atoms with van der Waals surface area (Å²) in [6.07, 6.45) is -5.31. The molecule has 0 fully saturated rings. The van der Waals surface area contributed by atoms with Gasteiger partial charge >= 0.3 is 18.2 Å². The molecule has 2 aromatic rings. The van der Waals surface area contributed by atoms with Gasteiger partial charge in [0.25, 0.3) is 5.60 Å². The van der Waals surface area contributed by atoms with Crippen LogP contribution in [0.5, 0.6) is 0 Å². The van der Waals surface area contributed by atoms with Crippen molar-refractivity contribution in [1.82, 2.24) is 0 Å². The Kier molecular flexibility index (Phi) is 7.80. The van der Waals surface area contributed by atoms with Gasteiger partial charge in [0, 0.05) is 23.5 Å². The van der Waals surface area contributed by atoms with E-state index in [0.717, 1.165) is 12.1 Å². The first-order valence-electron chi connectivity index (χ1n) is 9.06. The molecule has 0 aromatic heterocycles. The van der Waals surface area contributed by atoms with Gasteiger partial charge in [-0.05, 0) is 44.2 Å². The van der Waals surface area contributed by atoms with Gasteiger partial charge in [-0.15, -0.1) is 0 Å². The number of hydrogen-bond donors (Lipinski definition) is 2. The van der Waals surface area contributed by atoms with E-state index in [-0.39, 0.29) is 23.9 Å². The molecule has 2 aromatic carbocycles. The molecule has 6 nitrogen and oxygen atoms in total. The van der Waals surface area contributed by atoms with Crippen molar-refractivity contribution in [3.05, 3.63) is 58.1 Å². The summed E-state index contributed by atoms with van der Waals surface area (Å²) in [5.41, 5.74) is -3.97. The van der Waals surface area contributed by atoms with Crippen molar-refractivity contribution in [3.8, 4) is 0 Å². The molecule has 168 valence electrons. The third-order valence-corrected chi connectivity index (χ3v) is 5.05. The molecule has 0 saturated carbocycles. The molecular weight excluding hydrogens is 460 g/mol. The average Bonchev–Trinajstić information content (AvgIpc) is 2.70. The number of carbonyl (C=O) groups excluding carboxylic acids is 2. The van der Waals surface area contributed by atoms with Gasteiger partial charge in [-0.2, -0.15) is 13.2 Å². The van der Waals surface area contributed by atoms with Crippen molar-refractivity contribution in [2.24, 2.45) is 0 Å². The summed E-state index contributed by atoms with van der Waals surface area (Å²) < 4.78 is 44.8. The summed E-state index contributed by atoms with van der Waals surface area (Å²) in [5.74, 6) is -1.83. The second-order valence-electron chi connectivity index (χ2n) is 6.28. The minimum Gasteiger partial charge on any atom is -0.463 e. The van der Waals surface area contributed by atoms with Gasteiger partial charge in [-0.25, -0.2) is 9.59 Å². The molecule has 2 N–H and O–H groups in total. The highest BCUT2D eigenvalue weighted by atomic mass is 35.5. The molecule has 0 radical (unpaired) electrons. The molecule has 0 heterocycles. The summed E-state index contributed by atoms with van der Waals surface area (Å²) in [4.78, 5) is 25.7. The van der Waals surface area contributed by atoms with Gasteiger partial charge < -0.3 is 15.2 Å². The lowest BCUT2D eigenvalue weighted by molar-refractivity contribution is -0.267. The normalized spacial score (nSPS) is 13.3. The van der Waals surface area contributed by atoms with Crippen molar-refractivity contribution in [2.45, 2.75) is 25.6 Å². The number of nitrogens with one attached hydrogen (secondary N) is 1. The van der Waals surface area contributed by atoms with Crippen LogP contribution in [0.2, 0.25) is 10.0 Å². The maximum Gasteiger partial charge on any atom is 0.432 e. The molecule has 11 heteroatoms. The van der Waals surface area contributed by atoms with Crippen molar-refractivity contribution in [3.63, 3.8) is 0 Å². The molecular formula is C20H19Cl2F3N2O4. The highest BCUT2D eigenvalue weighted by molar-refractivity contribution is 6.42. The lowest BCUT2D eigenvalue weighted by Crippen LogP contribution is -2.50. The number of alkyl halides is 3. The number of halogens is 5. The minimum atomic E-state index is -5.31. The first-order valence-corrected chi connectivity index (χ1v) is 9.81. The molecule has 1 atom stereocenters. The average molecular weight is 479 g/mol. The Labute approximate surface area is 186 Å². The highest BCUT2D eigenvalue weighted by Crippen LogP contribution is 2.40. The van der Waals surface area contributed by atoms with Gasteiger partial charge in [-0.3, -0.25) is 4.90 Å². The lowest BCUT2D eigenvalue weighted by Gasteiger charge is -2.29. The van der Waals surface area contributed by atoms with Gasteiger partial charge in [0.1, 0.15) is 0 Å². The number of ether oxygens (including phenoxy) is 1. The number of hydrogen-bond acceptors (Lipinski definition) is 4. The van der Waals surface area contributed by atoms with Crippen LogP contribution in [-0.4, -0.2) is 36.4 Å². The van der Waals surface area contributed by atoms with E-state index >= 15 is 0 Å². The Morgan fingerprint density at radius 1 is 1.06 bits per heavy atom. The molecule has 1 unspecified atom stereocenters.